The lowest BCUT2D eigenvalue weighted by Gasteiger charge is -2.31. The first kappa shape index (κ1) is 17.3. The van der Waals surface area contributed by atoms with Crippen molar-refractivity contribution in [2.24, 2.45) is 0 Å². The maximum Gasteiger partial charge on any atom is 0.260 e. The highest BCUT2D eigenvalue weighted by atomic mass is 19.1. The molecule has 1 unspecified atom stereocenters. The summed E-state index contributed by atoms with van der Waals surface area (Å²) in [5.74, 6) is 1.08. The van der Waals surface area contributed by atoms with Crippen LogP contribution in [0.15, 0.2) is 28.8 Å². The Labute approximate surface area is 144 Å². The second kappa shape index (κ2) is 8.06. The predicted octanol–water partition coefficient (Wildman–Crippen LogP) is 2.14. The van der Waals surface area contributed by atoms with Crippen LogP contribution in [0.3, 0.4) is 0 Å². The summed E-state index contributed by atoms with van der Waals surface area (Å²) in [6, 6.07) is 5.59. The van der Waals surface area contributed by atoms with Crippen LogP contribution in [0.5, 0.6) is 5.75 Å². The van der Waals surface area contributed by atoms with Crippen molar-refractivity contribution in [1.82, 2.24) is 15.0 Å². The van der Waals surface area contributed by atoms with Crippen LogP contribution in [0.4, 0.5) is 4.39 Å². The Balaban J connectivity index is 1.54. The summed E-state index contributed by atoms with van der Waals surface area (Å²) in [7, 11) is 1.56. The van der Waals surface area contributed by atoms with Crippen molar-refractivity contribution in [1.29, 1.82) is 0 Å². The molecule has 134 valence electrons. The van der Waals surface area contributed by atoms with Crippen LogP contribution in [0.1, 0.15) is 30.5 Å². The Morgan fingerprint density at radius 1 is 1.40 bits per heavy atom. The molecule has 3 rings (SSSR count). The van der Waals surface area contributed by atoms with E-state index in [-0.39, 0.29) is 30.9 Å². The number of carbonyl (C=O) groups excluding carboxylic acids is 1. The summed E-state index contributed by atoms with van der Waals surface area (Å²) in [5.41, 5.74) is 0. The quantitative estimate of drug-likeness (QED) is 0.795. The number of likely N-dealkylation sites (tertiary alicyclic amines) is 1. The first-order valence-corrected chi connectivity index (χ1v) is 8.13. The molecule has 0 N–H and O–H groups in total. The fourth-order valence-electron chi connectivity index (χ4n) is 2.80. The van der Waals surface area contributed by atoms with Gasteiger partial charge in [0.15, 0.2) is 12.4 Å². The number of ether oxygens (including phenoxy) is 2. The van der Waals surface area contributed by atoms with Crippen LogP contribution in [0.25, 0.3) is 0 Å². The lowest BCUT2D eigenvalue weighted by Crippen LogP contribution is -2.41. The Morgan fingerprint density at radius 3 is 2.96 bits per heavy atom. The smallest absolute Gasteiger partial charge is 0.260 e. The average Bonchev–Trinajstić information content (AvgIpc) is 3.10. The van der Waals surface area contributed by atoms with E-state index in [0.29, 0.717) is 30.6 Å². The summed E-state index contributed by atoms with van der Waals surface area (Å²) in [6.45, 7) is 1.38. The molecule has 0 radical (unpaired) electrons. The van der Waals surface area contributed by atoms with Gasteiger partial charge in [-0.25, -0.2) is 4.39 Å². The summed E-state index contributed by atoms with van der Waals surface area (Å²) in [6.07, 6.45) is 1.76. The Bertz CT molecular complexity index is 704. The first-order chi connectivity index (χ1) is 12.2. The van der Waals surface area contributed by atoms with Gasteiger partial charge in [0.25, 0.3) is 11.8 Å². The van der Waals surface area contributed by atoms with Crippen molar-refractivity contribution in [3.8, 4) is 5.75 Å². The van der Waals surface area contributed by atoms with E-state index >= 15 is 0 Å². The van der Waals surface area contributed by atoms with Gasteiger partial charge in [-0.1, -0.05) is 5.16 Å². The third-order valence-electron chi connectivity index (χ3n) is 4.07. The molecule has 1 atom stereocenters. The van der Waals surface area contributed by atoms with Crippen molar-refractivity contribution in [3.05, 3.63) is 41.8 Å². The van der Waals surface area contributed by atoms with Crippen LogP contribution in [0.2, 0.25) is 0 Å². The lowest BCUT2D eigenvalue weighted by molar-refractivity contribution is -0.134. The van der Waals surface area contributed by atoms with Crippen LogP contribution in [-0.4, -0.2) is 47.8 Å². The third-order valence-corrected chi connectivity index (χ3v) is 4.07. The van der Waals surface area contributed by atoms with E-state index in [1.165, 1.54) is 24.3 Å². The van der Waals surface area contributed by atoms with E-state index in [2.05, 4.69) is 10.1 Å². The molecule has 0 spiro atoms. The number of halogens is 1. The van der Waals surface area contributed by atoms with Crippen LogP contribution < -0.4 is 4.74 Å². The molecule has 1 aliphatic heterocycles. The molecule has 7 nitrogen and oxygen atoms in total. The Kier molecular flexibility index (Phi) is 5.60. The molecule has 0 aliphatic carbocycles. The molecule has 1 fully saturated rings. The standard InChI is InChI=1S/C17H20FN3O4/c1-23-10-15-19-17(20-25-15)12-3-2-8-21(9-12)16(22)11-24-14-6-4-13(18)5-7-14/h4-7,12H,2-3,8-11H2,1H3. The van der Waals surface area contributed by atoms with Crippen LogP contribution >= 0.6 is 0 Å². The van der Waals surface area contributed by atoms with Gasteiger partial charge in [0, 0.05) is 26.1 Å². The second-order valence-corrected chi connectivity index (χ2v) is 5.90. The largest absolute Gasteiger partial charge is 0.484 e. The van der Waals surface area contributed by atoms with E-state index in [1.54, 1.807) is 12.0 Å². The maximum absolute atomic E-state index is 12.9. The van der Waals surface area contributed by atoms with E-state index in [0.717, 1.165) is 12.8 Å². The molecule has 1 aliphatic rings. The fraction of sp³-hybridized carbons (Fsp3) is 0.471. The van der Waals surface area contributed by atoms with Crippen molar-refractivity contribution in [3.63, 3.8) is 0 Å². The van der Waals surface area contributed by atoms with E-state index in [9.17, 15) is 9.18 Å². The van der Waals surface area contributed by atoms with Gasteiger partial charge < -0.3 is 18.9 Å². The zero-order chi connectivity index (χ0) is 17.6. The molecular weight excluding hydrogens is 329 g/mol. The average molecular weight is 349 g/mol. The molecular formula is C17H20FN3O4. The molecule has 2 aromatic rings. The molecule has 1 aromatic heterocycles. The van der Waals surface area contributed by atoms with Gasteiger partial charge >= 0.3 is 0 Å². The summed E-state index contributed by atoms with van der Waals surface area (Å²) in [4.78, 5) is 18.4. The van der Waals surface area contributed by atoms with Crippen molar-refractivity contribution in [2.45, 2.75) is 25.4 Å². The lowest BCUT2D eigenvalue weighted by atomic mass is 9.97. The molecule has 0 bridgehead atoms. The summed E-state index contributed by atoms with van der Waals surface area (Å²) < 4.78 is 28.4. The molecule has 0 saturated carbocycles. The second-order valence-electron chi connectivity index (χ2n) is 5.90. The van der Waals surface area contributed by atoms with Crippen LogP contribution in [-0.2, 0) is 16.1 Å². The molecule has 1 saturated heterocycles. The highest BCUT2D eigenvalue weighted by Gasteiger charge is 2.28. The van der Waals surface area contributed by atoms with E-state index < -0.39 is 0 Å². The number of benzene rings is 1. The number of nitrogens with zero attached hydrogens (tertiary/aromatic N) is 3. The van der Waals surface area contributed by atoms with Gasteiger partial charge in [0.1, 0.15) is 18.2 Å². The van der Waals surface area contributed by atoms with Gasteiger partial charge in [-0.05, 0) is 37.1 Å². The van der Waals surface area contributed by atoms with Gasteiger partial charge in [0.2, 0.25) is 0 Å². The van der Waals surface area contributed by atoms with Gasteiger partial charge in [0.05, 0.1) is 0 Å². The third kappa shape index (κ3) is 4.54. The Hall–Kier alpha value is -2.48. The van der Waals surface area contributed by atoms with Crippen molar-refractivity contribution in [2.75, 3.05) is 26.8 Å². The fourth-order valence-corrected chi connectivity index (χ4v) is 2.80. The number of piperidine rings is 1. The molecule has 1 amide bonds. The number of aromatic nitrogens is 2. The highest BCUT2D eigenvalue weighted by molar-refractivity contribution is 5.78. The number of carbonyl (C=O) groups is 1. The summed E-state index contributed by atoms with van der Waals surface area (Å²) >= 11 is 0. The van der Waals surface area contributed by atoms with Crippen molar-refractivity contribution >= 4 is 5.91 Å². The number of amides is 1. The van der Waals surface area contributed by atoms with Gasteiger partial charge in [-0.2, -0.15) is 4.98 Å². The van der Waals surface area contributed by atoms with Crippen LogP contribution in [0, 0.1) is 5.82 Å². The topological polar surface area (TPSA) is 77.7 Å². The number of rotatable bonds is 6. The number of methoxy groups -OCH3 is 1. The number of hydrogen-bond donors (Lipinski definition) is 0. The van der Waals surface area contributed by atoms with Crippen molar-refractivity contribution < 1.29 is 23.2 Å². The molecule has 2 heterocycles. The molecule has 8 heteroatoms. The van der Waals surface area contributed by atoms with E-state index in [4.69, 9.17) is 14.0 Å². The molecule has 25 heavy (non-hydrogen) atoms. The minimum Gasteiger partial charge on any atom is -0.484 e. The zero-order valence-corrected chi connectivity index (χ0v) is 14.0. The molecule has 1 aromatic carbocycles. The highest BCUT2D eigenvalue weighted by Crippen LogP contribution is 2.25. The van der Waals surface area contributed by atoms with Gasteiger partial charge in [-0.3, -0.25) is 4.79 Å². The predicted molar refractivity (Wildman–Crippen MR) is 85.5 cm³/mol. The van der Waals surface area contributed by atoms with E-state index in [1.807, 2.05) is 0 Å². The minimum absolute atomic E-state index is 0.0397. The summed E-state index contributed by atoms with van der Waals surface area (Å²) in [5, 5.41) is 3.98. The SMILES string of the molecule is COCc1nc(C2CCCN(C(=O)COc3ccc(F)cc3)C2)no1. The first-order valence-electron chi connectivity index (χ1n) is 8.13. The maximum atomic E-state index is 12.9. The monoisotopic (exact) mass is 349 g/mol. The van der Waals surface area contributed by atoms with Gasteiger partial charge in [-0.15, -0.1) is 0 Å². The normalized spacial score (nSPS) is 17.5. The zero-order valence-electron chi connectivity index (χ0n) is 14.0. The number of hydrogen-bond acceptors (Lipinski definition) is 6. The minimum atomic E-state index is -0.342. The Morgan fingerprint density at radius 2 is 2.20 bits per heavy atom.